The standard InChI is InChI=1S/C30H30N2.C9H10FN.C2H6/c1-7-10-25(24-13-15-26(16-14-24)29(4,5)22(3)21-31)20-28-30(6,17-18-32-28)27-12-9-11-23(8-2)19-27;1-2-11-7-8-3-5-9(10)6-4-8;1-2/h7-20H,2-3H2,1,4-6H3;2-6,11H,1,7H2;1-2H3/b10-7-,25-20+;;. The predicted octanol–water partition coefficient (Wildman–Crippen LogP) is 10.7. The molecule has 0 saturated heterocycles. The van der Waals surface area contributed by atoms with Gasteiger partial charge >= 0.3 is 0 Å². The van der Waals surface area contributed by atoms with Gasteiger partial charge in [-0.2, -0.15) is 5.26 Å². The van der Waals surface area contributed by atoms with Crippen LogP contribution in [0, 0.1) is 17.1 Å². The first-order chi connectivity index (χ1) is 21.6. The van der Waals surface area contributed by atoms with E-state index in [-0.39, 0.29) is 11.2 Å². The van der Waals surface area contributed by atoms with Crippen LogP contribution in [-0.2, 0) is 17.4 Å². The highest BCUT2D eigenvalue weighted by Crippen LogP contribution is 2.35. The molecule has 0 amide bonds. The molecule has 0 bridgehead atoms. The molecule has 4 rings (SSSR count). The normalized spacial score (nSPS) is 15.5. The lowest BCUT2D eigenvalue weighted by molar-refractivity contribution is 0.626. The van der Waals surface area contributed by atoms with E-state index in [1.165, 1.54) is 17.7 Å². The molecule has 232 valence electrons. The van der Waals surface area contributed by atoms with E-state index in [0.717, 1.165) is 33.5 Å². The fourth-order valence-electron chi connectivity index (χ4n) is 4.65. The second-order valence-electron chi connectivity index (χ2n) is 11.0. The molecule has 0 saturated carbocycles. The minimum Gasteiger partial charge on any atom is -0.387 e. The molecular weight excluding hydrogens is 553 g/mol. The Morgan fingerprint density at radius 3 is 2.29 bits per heavy atom. The van der Waals surface area contributed by atoms with Crippen LogP contribution in [-0.4, -0.2) is 5.71 Å². The van der Waals surface area contributed by atoms with Gasteiger partial charge in [-0.15, -0.1) is 0 Å². The summed E-state index contributed by atoms with van der Waals surface area (Å²) in [5.74, 6) is -0.202. The van der Waals surface area contributed by atoms with Gasteiger partial charge in [0.05, 0.1) is 17.2 Å². The summed E-state index contributed by atoms with van der Waals surface area (Å²) >= 11 is 0. The number of nitrogens with one attached hydrogen (secondary N) is 1. The summed E-state index contributed by atoms with van der Waals surface area (Å²) in [4.78, 5) is 4.71. The van der Waals surface area contributed by atoms with Crippen LogP contribution in [0.1, 0.15) is 69.4 Å². The lowest BCUT2D eigenvalue weighted by Gasteiger charge is -2.25. The molecule has 0 radical (unpaired) electrons. The molecule has 1 unspecified atom stereocenters. The highest BCUT2D eigenvalue weighted by molar-refractivity contribution is 6.11. The second-order valence-corrected chi connectivity index (χ2v) is 11.0. The van der Waals surface area contributed by atoms with Gasteiger partial charge in [0, 0.05) is 23.7 Å². The van der Waals surface area contributed by atoms with Gasteiger partial charge in [-0.25, -0.2) is 4.39 Å². The average molecular weight is 600 g/mol. The van der Waals surface area contributed by atoms with Crippen LogP contribution >= 0.6 is 0 Å². The number of benzene rings is 3. The van der Waals surface area contributed by atoms with Gasteiger partial charge in [-0.3, -0.25) is 4.99 Å². The van der Waals surface area contributed by atoms with Crippen molar-refractivity contribution in [3.63, 3.8) is 0 Å². The minimum atomic E-state index is -0.397. The van der Waals surface area contributed by atoms with E-state index in [0.29, 0.717) is 12.1 Å². The van der Waals surface area contributed by atoms with Crippen molar-refractivity contribution in [1.29, 1.82) is 5.26 Å². The van der Waals surface area contributed by atoms with Crippen molar-refractivity contribution >= 4 is 17.4 Å². The Morgan fingerprint density at radius 2 is 1.71 bits per heavy atom. The highest BCUT2D eigenvalue weighted by atomic mass is 19.1. The molecule has 1 heterocycles. The first-order valence-electron chi connectivity index (χ1n) is 15.2. The van der Waals surface area contributed by atoms with Gasteiger partial charge < -0.3 is 5.32 Å². The largest absolute Gasteiger partial charge is 0.387 e. The molecular formula is C41H46FN3. The number of halogens is 1. The van der Waals surface area contributed by atoms with Crippen LogP contribution in [0.15, 0.2) is 140 Å². The van der Waals surface area contributed by atoms with Crippen molar-refractivity contribution in [2.75, 3.05) is 0 Å². The maximum Gasteiger partial charge on any atom is 0.123 e. The van der Waals surface area contributed by atoms with Gasteiger partial charge in [0.25, 0.3) is 0 Å². The maximum absolute atomic E-state index is 12.4. The van der Waals surface area contributed by atoms with Crippen LogP contribution in [0.25, 0.3) is 11.6 Å². The lowest BCUT2D eigenvalue weighted by Crippen LogP contribution is -2.27. The zero-order valence-electron chi connectivity index (χ0n) is 27.6. The Balaban J connectivity index is 0.000000454. The van der Waals surface area contributed by atoms with E-state index >= 15 is 0 Å². The van der Waals surface area contributed by atoms with E-state index < -0.39 is 5.41 Å². The summed E-state index contributed by atoms with van der Waals surface area (Å²) < 4.78 is 12.4. The molecule has 0 spiro atoms. The predicted molar refractivity (Wildman–Crippen MR) is 192 cm³/mol. The van der Waals surface area contributed by atoms with Crippen molar-refractivity contribution in [3.8, 4) is 6.07 Å². The topological polar surface area (TPSA) is 48.2 Å². The molecule has 3 aromatic rings. The number of nitrogens with zero attached hydrogens (tertiary/aromatic N) is 2. The molecule has 1 aliphatic rings. The highest BCUT2D eigenvalue weighted by Gasteiger charge is 2.32. The SMILES string of the molecule is C=CNCc1ccc(F)cc1.C=Cc1cccc(C2(C)C=CN=C2/C=C(\C=C/C)c2ccc(C(C)(C)C(=C)C#N)cc2)c1.CC. The Kier molecular flexibility index (Phi) is 13.9. The molecule has 3 aromatic carbocycles. The molecule has 1 N–H and O–H groups in total. The van der Waals surface area contributed by atoms with Crippen LogP contribution in [0.3, 0.4) is 0 Å². The molecule has 45 heavy (non-hydrogen) atoms. The molecule has 4 heteroatoms. The third kappa shape index (κ3) is 9.49. The number of hydrogen-bond donors (Lipinski definition) is 1. The summed E-state index contributed by atoms with van der Waals surface area (Å²) in [6.45, 7) is 24.3. The fourth-order valence-corrected chi connectivity index (χ4v) is 4.65. The van der Waals surface area contributed by atoms with Gasteiger partial charge in [0.15, 0.2) is 0 Å². The Hall–Kier alpha value is -5.01. The summed E-state index contributed by atoms with van der Waals surface area (Å²) in [5, 5.41) is 12.2. The molecule has 3 nitrogen and oxygen atoms in total. The van der Waals surface area contributed by atoms with Crippen molar-refractivity contribution in [3.05, 3.63) is 168 Å². The average Bonchev–Trinajstić information content (AvgIpc) is 3.45. The number of allylic oxidation sites excluding steroid dienone is 6. The quantitative estimate of drug-likeness (QED) is 0.186. The van der Waals surface area contributed by atoms with E-state index in [2.05, 4.69) is 105 Å². The van der Waals surface area contributed by atoms with Gasteiger partial charge in [0.1, 0.15) is 5.82 Å². The van der Waals surface area contributed by atoms with Crippen molar-refractivity contribution < 1.29 is 4.39 Å². The molecule has 1 aliphatic heterocycles. The third-order valence-electron chi connectivity index (χ3n) is 7.71. The smallest absolute Gasteiger partial charge is 0.123 e. The Labute approximate surface area is 270 Å². The lowest BCUT2D eigenvalue weighted by atomic mass is 9.77. The van der Waals surface area contributed by atoms with E-state index in [1.807, 2.05) is 53.0 Å². The minimum absolute atomic E-state index is 0.202. The number of nitriles is 1. The van der Waals surface area contributed by atoms with Crippen molar-refractivity contribution in [2.45, 2.75) is 58.9 Å². The molecule has 0 aromatic heterocycles. The fraction of sp³-hybridized carbons (Fsp3) is 0.220. The van der Waals surface area contributed by atoms with Gasteiger partial charge in [0.2, 0.25) is 0 Å². The Morgan fingerprint density at radius 1 is 1.04 bits per heavy atom. The van der Waals surface area contributed by atoms with E-state index in [1.54, 1.807) is 18.3 Å². The van der Waals surface area contributed by atoms with Crippen LogP contribution in [0.2, 0.25) is 0 Å². The van der Waals surface area contributed by atoms with Crippen molar-refractivity contribution in [2.24, 2.45) is 4.99 Å². The molecule has 1 atom stereocenters. The molecule has 0 aliphatic carbocycles. The third-order valence-corrected chi connectivity index (χ3v) is 7.71. The van der Waals surface area contributed by atoms with E-state index in [9.17, 15) is 9.65 Å². The summed E-state index contributed by atoms with van der Waals surface area (Å²) in [5.41, 5.74) is 7.43. The van der Waals surface area contributed by atoms with E-state index in [4.69, 9.17) is 4.99 Å². The number of hydrogen-bond acceptors (Lipinski definition) is 3. The van der Waals surface area contributed by atoms with Gasteiger partial charge in [-0.05, 0) is 77.7 Å². The van der Waals surface area contributed by atoms with Gasteiger partial charge in [-0.1, -0.05) is 126 Å². The van der Waals surface area contributed by atoms with Crippen LogP contribution in [0.4, 0.5) is 4.39 Å². The van der Waals surface area contributed by atoms with Crippen LogP contribution < -0.4 is 5.32 Å². The summed E-state index contributed by atoms with van der Waals surface area (Å²) in [6, 6.07) is 25.4. The van der Waals surface area contributed by atoms with Crippen LogP contribution in [0.5, 0.6) is 0 Å². The number of rotatable bonds is 10. The zero-order valence-corrected chi connectivity index (χ0v) is 27.6. The second kappa shape index (κ2) is 17.3. The summed E-state index contributed by atoms with van der Waals surface area (Å²) in [7, 11) is 0. The van der Waals surface area contributed by atoms with Crippen molar-refractivity contribution in [1.82, 2.24) is 5.32 Å². The summed E-state index contributed by atoms with van der Waals surface area (Å²) in [6.07, 6.45) is 13.8. The first kappa shape index (κ1) is 36.2. The first-order valence-corrected chi connectivity index (χ1v) is 15.2. The monoisotopic (exact) mass is 599 g/mol. The molecule has 0 fully saturated rings. The Bertz CT molecular complexity index is 1610. The zero-order chi connectivity index (χ0) is 33.5. The number of aliphatic imine (C=N–C) groups is 1. The maximum atomic E-state index is 12.4.